The molecule has 0 saturated heterocycles. The lowest BCUT2D eigenvalue weighted by Crippen LogP contribution is -2.32. The van der Waals surface area contributed by atoms with Crippen LogP contribution in [-0.2, 0) is 4.79 Å². The van der Waals surface area contributed by atoms with Crippen molar-refractivity contribution in [3.05, 3.63) is 0 Å². The van der Waals surface area contributed by atoms with Crippen molar-refractivity contribution in [1.82, 2.24) is 5.32 Å². The van der Waals surface area contributed by atoms with Gasteiger partial charge in [-0.3, -0.25) is 4.79 Å². The summed E-state index contributed by atoms with van der Waals surface area (Å²) in [7, 11) is 0. The van der Waals surface area contributed by atoms with E-state index in [1.165, 1.54) is 25.7 Å². The van der Waals surface area contributed by atoms with Crippen LogP contribution < -0.4 is 5.32 Å². The molecule has 0 bridgehead atoms. The third kappa shape index (κ3) is 9.97. The number of hydrogen-bond donors (Lipinski definition) is 2. The summed E-state index contributed by atoms with van der Waals surface area (Å²) in [5, 5.41) is 12.0. The Morgan fingerprint density at radius 3 is 2.44 bits per heavy atom. The highest BCUT2D eigenvalue weighted by molar-refractivity contribution is 5.76. The first-order chi connectivity index (χ1) is 7.56. The molecule has 0 radical (unpaired) electrons. The minimum atomic E-state index is -0.384. The van der Waals surface area contributed by atoms with Crippen LogP contribution in [0.2, 0.25) is 0 Å². The number of unbranched alkanes of at least 4 members (excludes halogenated alkanes) is 3. The van der Waals surface area contributed by atoms with Gasteiger partial charge in [-0.05, 0) is 26.7 Å². The molecular weight excluding hydrogens is 202 g/mol. The van der Waals surface area contributed by atoms with Gasteiger partial charge in [-0.15, -0.1) is 0 Å². The van der Waals surface area contributed by atoms with Crippen LogP contribution in [0.1, 0.15) is 65.7 Å². The number of aliphatic hydroxyl groups is 1. The van der Waals surface area contributed by atoms with E-state index in [9.17, 15) is 4.79 Å². The minimum Gasteiger partial charge on any atom is -0.393 e. The Bertz CT molecular complexity index is 181. The van der Waals surface area contributed by atoms with Gasteiger partial charge < -0.3 is 10.4 Å². The molecule has 0 aromatic carbocycles. The third-order valence-electron chi connectivity index (χ3n) is 2.69. The highest BCUT2D eigenvalue weighted by Crippen LogP contribution is 2.05. The fourth-order valence-electron chi connectivity index (χ4n) is 1.64. The second-order valence-corrected chi connectivity index (χ2v) is 4.71. The fourth-order valence-corrected chi connectivity index (χ4v) is 1.64. The summed E-state index contributed by atoms with van der Waals surface area (Å²) in [5.74, 6) is 0.0592. The Hall–Kier alpha value is -0.570. The quantitative estimate of drug-likeness (QED) is 0.597. The van der Waals surface area contributed by atoms with Gasteiger partial charge in [-0.1, -0.05) is 32.6 Å². The van der Waals surface area contributed by atoms with Crippen molar-refractivity contribution < 1.29 is 9.90 Å². The highest BCUT2D eigenvalue weighted by atomic mass is 16.3. The smallest absolute Gasteiger partial charge is 0.220 e. The third-order valence-corrected chi connectivity index (χ3v) is 2.69. The number of carbonyl (C=O) groups excluding carboxylic acids is 1. The maximum Gasteiger partial charge on any atom is 0.220 e. The molecule has 0 saturated carbocycles. The molecule has 0 aliphatic rings. The lowest BCUT2D eigenvalue weighted by molar-refractivity contribution is -0.122. The molecule has 3 nitrogen and oxygen atoms in total. The summed E-state index contributed by atoms with van der Waals surface area (Å²) in [6.45, 7) is 5.95. The Morgan fingerprint density at radius 1 is 1.19 bits per heavy atom. The van der Waals surface area contributed by atoms with Crippen LogP contribution in [0.4, 0.5) is 0 Å². The van der Waals surface area contributed by atoms with Crippen LogP contribution >= 0.6 is 0 Å². The van der Waals surface area contributed by atoms with Crippen molar-refractivity contribution in [2.75, 3.05) is 0 Å². The predicted molar refractivity (Wildman–Crippen MR) is 67.3 cm³/mol. The van der Waals surface area contributed by atoms with Gasteiger partial charge in [0, 0.05) is 12.5 Å². The molecular formula is C13H27NO2. The van der Waals surface area contributed by atoms with E-state index in [0.29, 0.717) is 12.8 Å². The van der Waals surface area contributed by atoms with Crippen LogP contribution in [0.5, 0.6) is 0 Å². The molecule has 2 atom stereocenters. The monoisotopic (exact) mass is 229 g/mol. The van der Waals surface area contributed by atoms with Crippen LogP contribution in [0.25, 0.3) is 0 Å². The van der Waals surface area contributed by atoms with Crippen LogP contribution in [-0.4, -0.2) is 23.2 Å². The molecule has 0 fully saturated rings. The number of aliphatic hydroxyl groups excluding tert-OH is 1. The summed E-state index contributed by atoms with van der Waals surface area (Å²) < 4.78 is 0. The Labute approximate surface area is 99.6 Å². The first-order valence-corrected chi connectivity index (χ1v) is 6.53. The molecule has 0 aromatic heterocycles. The van der Waals surface area contributed by atoms with E-state index in [1.807, 2.05) is 6.92 Å². The first kappa shape index (κ1) is 15.4. The van der Waals surface area contributed by atoms with Gasteiger partial charge in [0.05, 0.1) is 6.10 Å². The molecule has 1 amide bonds. The second kappa shape index (κ2) is 9.64. The highest BCUT2D eigenvalue weighted by Gasteiger charge is 2.07. The van der Waals surface area contributed by atoms with Crippen molar-refractivity contribution in [3.8, 4) is 0 Å². The summed E-state index contributed by atoms with van der Waals surface area (Å²) in [6.07, 6.45) is 6.62. The number of carbonyl (C=O) groups is 1. The van der Waals surface area contributed by atoms with Gasteiger partial charge in [0.1, 0.15) is 0 Å². The summed E-state index contributed by atoms with van der Waals surface area (Å²) >= 11 is 0. The van der Waals surface area contributed by atoms with Gasteiger partial charge in [-0.2, -0.15) is 0 Å². The molecule has 0 spiro atoms. The zero-order valence-electron chi connectivity index (χ0n) is 11.0. The van der Waals surface area contributed by atoms with Crippen LogP contribution in [0, 0.1) is 0 Å². The van der Waals surface area contributed by atoms with Crippen LogP contribution in [0.15, 0.2) is 0 Å². The van der Waals surface area contributed by atoms with Crippen molar-refractivity contribution >= 4 is 5.91 Å². The molecule has 0 aliphatic heterocycles. The summed E-state index contributed by atoms with van der Waals surface area (Å²) in [5.41, 5.74) is 0. The number of amides is 1. The van der Waals surface area contributed by atoms with E-state index in [1.54, 1.807) is 6.92 Å². The van der Waals surface area contributed by atoms with Crippen molar-refractivity contribution in [2.24, 2.45) is 0 Å². The molecule has 0 heterocycles. The maximum absolute atomic E-state index is 11.4. The Kier molecular flexibility index (Phi) is 9.30. The number of nitrogens with one attached hydrogen (secondary N) is 1. The standard InChI is InChI=1S/C13H27NO2/c1-4-5-6-7-8-11(2)14-13(16)10-9-12(3)15/h11-12,15H,4-10H2,1-3H3,(H,14,16). The zero-order valence-corrected chi connectivity index (χ0v) is 11.0. The van der Waals surface area contributed by atoms with E-state index < -0.39 is 0 Å². The molecule has 2 N–H and O–H groups in total. The molecule has 0 aliphatic carbocycles. The molecule has 0 aromatic rings. The first-order valence-electron chi connectivity index (χ1n) is 6.53. The normalized spacial score (nSPS) is 14.5. The van der Waals surface area contributed by atoms with Crippen molar-refractivity contribution in [1.29, 1.82) is 0 Å². The molecule has 2 unspecified atom stereocenters. The lowest BCUT2D eigenvalue weighted by Gasteiger charge is -2.14. The average molecular weight is 229 g/mol. The van der Waals surface area contributed by atoms with Gasteiger partial charge in [-0.25, -0.2) is 0 Å². The summed E-state index contributed by atoms with van der Waals surface area (Å²) in [4.78, 5) is 11.4. The molecule has 96 valence electrons. The average Bonchev–Trinajstić information content (AvgIpc) is 2.21. The zero-order chi connectivity index (χ0) is 12.4. The summed E-state index contributed by atoms with van der Waals surface area (Å²) in [6, 6.07) is 0.262. The Morgan fingerprint density at radius 2 is 1.88 bits per heavy atom. The van der Waals surface area contributed by atoms with E-state index in [4.69, 9.17) is 5.11 Å². The van der Waals surface area contributed by atoms with Gasteiger partial charge in [0.15, 0.2) is 0 Å². The fraction of sp³-hybridized carbons (Fsp3) is 0.923. The largest absolute Gasteiger partial charge is 0.393 e. The van der Waals surface area contributed by atoms with E-state index in [2.05, 4.69) is 12.2 Å². The predicted octanol–water partition coefficient (Wildman–Crippen LogP) is 2.62. The van der Waals surface area contributed by atoms with Crippen LogP contribution in [0.3, 0.4) is 0 Å². The lowest BCUT2D eigenvalue weighted by atomic mass is 10.1. The molecule has 0 rings (SSSR count). The minimum absolute atomic E-state index is 0.0592. The van der Waals surface area contributed by atoms with Gasteiger partial charge in [0.25, 0.3) is 0 Å². The second-order valence-electron chi connectivity index (χ2n) is 4.71. The van der Waals surface area contributed by atoms with Gasteiger partial charge in [0.2, 0.25) is 5.91 Å². The molecule has 16 heavy (non-hydrogen) atoms. The Balaban J connectivity index is 3.46. The van der Waals surface area contributed by atoms with E-state index in [-0.39, 0.29) is 18.1 Å². The van der Waals surface area contributed by atoms with Crippen molar-refractivity contribution in [2.45, 2.75) is 77.9 Å². The topological polar surface area (TPSA) is 49.3 Å². The van der Waals surface area contributed by atoms with E-state index in [0.717, 1.165) is 6.42 Å². The molecule has 3 heteroatoms. The van der Waals surface area contributed by atoms with Crippen molar-refractivity contribution in [3.63, 3.8) is 0 Å². The van der Waals surface area contributed by atoms with Gasteiger partial charge >= 0.3 is 0 Å². The van der Waals surface area contributed by atoms with E-state index >= 15 is 0 Å². The number of rotatable bonds is 9. The SMILES string of the molecule is CCCCCCC(C)NC(=O)CCC(C)O. The maximum atomic E-state index is 11.4. The number of hydrogen-bond acceptors (Lipinski definition) is 2.